The third kappa shape index (κ3) is 3.94. The van der Waals surface area contributed by atoms with Crippen molar-refractivity contribution in [3.63, 3.8) is 0 Å². The Morgan fingerprint density at radius 1 is 1.11 bits per heavy atom. The summed E-state index contributed by atoms with van der Waals surface area (Å²) in [7, 11) is -3.68. The molecule has 0 aromatic heterocycles. The van der Waals surface area contributed by atoms with Crippen LogP contribution in [0.4, 0.5) is 10.1 Å². The molecule has 2 rings (SSSR count). The molecular formula is C13H11ClFNO2S. The third-order valence-corrected chi connectivity index (χ3v) is 3.87. The van der Waals surface area contributed by atoms with Crippen LogP contribution in [0.15, 0.2) is 48.5 Å². The molecule has 6 heteroatoms. The molecule has 0 atom stereocenters. The predicted octanol–water partition coefficient (Wildman–Crippen LogP) is 3.42. The second-order valence-corrected chi connectivity index (χ2v) is 6.13. The van der Waals surface area contributed by atoms with Gasteiger partial charge in [-0.05, 0) is 23.8 Å². The number of anilines is 1. The van der Waals surface area contributed by atoms with E-state index in [1.807, 2.05) is 0 Å². The van der Waals surface area contributed by atoms with Crippen molar-refractivity contribution in [1.29, 1.82) is 0 Å². The maximum absolute atomic E-state index is 13.5. The lowest BCUT2D eigenvalue weighted by Gasteiger charge is -2.09. The van der Waals surface area contributed by atoms with E-state index in [1.54, 1.807) is 30.3 Å². The molecule has 1 N–H and O–H groups in total. The maximum Gasteiger partial charge on any atom is 0.237 e. The zero-order valence-corrected chi connectivity index (χ0v) is 11.4. The molecule has 0 aliphatic carbocycles. The van der Waals surface area contributed by atoms with Crippen molar-refractivity contribution in [2.75, 3.05) is 4.72 Å². The Labute approximate surface area is 116 Å². The number of halogens is 2. The minimum absolute atomic E-state index is 0.150. The Hall–Kier alpha value is -1.59. The summed E-state index contributed by atoms with van der Waals surface area (Å²) in [5, 5.41) is 0.263. The minimum atomic E-state index is -3.68. The number of sulfonamides is 1. The number of benzene rings is 2. The molecule has 2 aromatic rings. The molecule has 3 nitrogen and oxygen atoms in total. The van der Waals surface area contributed by atoms with Gasteiger partial charge in [0.25, 0.3) is 0 Å². The maximum atomic E-state index is 13.5. The highest BCUT2D eigenvalue weighted by Gasteiger charge is 2.14. The van der Waals surface area contributed by atoms with Crippen LogP contribution in [0.25, 0.3) is 0 Å². The van der Waals surface area contributed by atoms with Crippen molar-refractivity contribution in [1.82, 2.24) is 0 Å². The summed E-state index contributed by atoms with van der Waals surface area (Å²) in [6, 6.07) is 12.4. The van der Waals surface area contributed by atoms with Gasteiger partial charge in [0.05, 0.1) is 11.4 Å². The highest BCUT2D eigenvalue weighted by Crippen LogP contribution is 2.21. The summed E-state index contributed by atoms with van der Waals surface area (Å²) in [5.41, 5.74) is 0.473. The number of hydrogen-bond donors (Lipinski definition) is 1. The van der Waals surface area contributed by atoms with E-state index in [0.29, 0.717) is 5.56 Å². The van der Waals surface area contributed by atoms with E-state index in [0.717, 1.165) is 6.07 Å². The summed E-state index contributed by atoms with van der Waals surface area (Å²) < 4.78 is 39.5. The fourth-order valence-electron chi connectivity index (χ4n) is 1.57. The molecule has 0 fully saturated rings. The van der Waals surface area contributed by atoms with Crippen LogP contribution in [0.3, 0.4) is 0 Å². The van der Waals surface area contributed by atoms with Gasteiger partial charge in [0.1, 0.15) is 5.82 Å². The van der Waals surface area contributed by atoms with Crippen LogP contribution in [-0.4, -0.2) is 8.42 Å². The Morgan fingerprint density at radius 3 is 2.47 bits per heavy atom. The standard InChI is InChI=1S/C13H11ClFNO2S/c14-11-6-7-12(15)13(8-11)16-19(17,18)9-10-4-2-1-3-5-10/h1-8,16H,9H2. The van der Waals surface area contributed by atoms with Gasteiger partial charge in [0, 0.05) is 5.02 Å². The van der Waals surface area contributed by atoms with Gasteiger partial charge in [-0.2, -0.15) is 0 Å². The molecule has 0 spiro atoms. The fraction of sp³-hybridized carbons (Fsp3) is 0.0769. The van der Waals surface area contributed by atoms with Crippen LogP contribution < -0.4 is 4.72 Å². The number of hydrogen-bond acceptors (Lipinski definition) is 2. The molecule has 19 heavy (non-hydrogen) atoms. The molecule has 0 radical (unpaired) electrons. The molecule has 0 amide bonds. The highest BCUT2D eigenvalue weighted by molar-refractivity contribution is 7.91. The smallest absolute Gasteiger partial charge is 0.237 e. The van der Waals surface area contributed by atoms with Crippen LogP contribution in [0, 0.1) is 5.82 Å². The van der Waals surface area contributed by atoms with E-state index >= 15 is 0 Å². The molecule has 0 aliphatic heterocycles. The van der Waals surface area contributed by atoms with Gasteiger partial charge >= 0.3 is 0 Å². The molecule has 0 heterocycles. The molecular weight excluding hydrogens is 289 g/mol. The SMILES string of the molecule is O=S(=O)(Cc1ccccc1)Nc1cc(Cl)ccc1F. The largest absolute Gasteiger partial charge is 0.280 e. The highest BCUT2D eigenvalue weighted by atomic mass is 35.5. The summed E-state index contributed by atoms with van der Waals surface area (Å²) >= 11 is 5.70. The zero-order valence-electron chi connectivity index (χ0n) is 9.81. The first-order valence-electron chi connectivity index (χ1n) is 5.46. The summed E-state index contributed by atoms with van der Waals surface area (Å²) in [5.74, 6) is -0.888. The normalized spacial score (nSPS) is 11.3. The second kappa shape index (κ2) is 5.59. The van der Waals surface area contributed by atoms with Gasteiger partial charge in [-0.1, -0.05) is 41.9 Å². The van der Waals surface area contributed by atoms with E-state index in [2.05, 4.69) is 4.72 Å². The monoisotopic (exact) mass is 299 g/mol. The number of rotatable bonds is 4. The average molecular weight is 300 g/mol. The van der Waals surface area contributed by atoms with Gasteiger partial charge < -0.3 is 0 Å². The topological polar surface area (TPSA) is 46.2 Å². The quantitative estimate of drug-likeness (QED) is 0.940. The van der Waals surface area contributed by atoms with E-state index in [9.17, 15) is 12.8 Å². The first kappa shape index (κ1) is 13.8. The van der Waals surface area contributed by atoms with Gasteiger partial charge in [0.2, 0.25) is 10.0 Å². The molecule has 0 saturated heterocycles. The molecule has 2 aromatic carbocycles. The Balaban J connectivity index is 2.20. The van der Waals surface area contributed by atoms with Crippen molar-refractivity contribution >= 4 is 27.3 Å². The number of nitrogens with one attached hydrogen (secondary N) is 1. The van der Waals surface area contributed by atoms with Crippen LogP contribution >= 0.6 is 11.6 Å². The van der Waals surface area contributed by atoms with Gasteiger partial charge in [-0.3, -0.25) is 4.72 Å². The van der Waals surface area contributed by atoms with Crippen molar-refractivity contribution in [3.8, 4) is 0 Å². The lowest BCUT2D eigenvalue weighted by atomic mass is 10.2. The van der Waals surface area contributed by atoms with Crippen molar-refractivity contribution in [2.45, 2.75) is 5.75 Å². The zero-order chi connectivity index (χ0) is 13.9. The lowest BCUT2D eigenvalue weighted by Crippen LogP contribution is -2.15. The molecule has 0 saturated carbocycles. The van der Waals surface area contributed by atoms with E-state index in [-0.39, 0.29) is 16.5 Å². The van der Waals surface area contributed by atoms with Gasteiger partial charge in [-0.15, -0.1) is 0 Å². The Kier molecular flexibility index (Phi) is 4.07. The summed E-state index contributed by atoms with van der Waals surface area (Å²) in [6.45, 7) is 0. The average Bonchev–Trinajstić information content (AvgIpc) is 2.34. The van der Waals surface area contributed by atoms with E-state index < -0.39 is 15.8 Å². The first-order valence-corrected chi connectivity index (χ1v) is 7.49. The van der Waals surface area contributed by atoms with Gasteiger partial charge in [0.15, 0.2) is 0 Å². The van der Waals surface area contributed by atoms with Crippen LogP contribution in [0.5, 0.6) is 0 Å². The minimum Gasteiger partial charge on any atom is -0.280 e. The van der Waals surface area contributed by atoms with Crippen molar-refractivity contribution < 1.29 is 12.8 Å². The van der Waals surface area contributed by atoms with E-state index in [1.165, 1.54) is 12.1 Å². The third-order valence-electron chi connectivity index (χ3n) is 2.39. The molecule has 100 valence electrons. The Morgan fingerprint density at radius 2 is 1.79 bits per heavy atom. The summed E-state index contributed by atoms with van der Waals surface area (Å²) in [6.07, 6.45) is 0. The molecule has 0 unspecified atom stereocenters. The van der Waals surface area contributed by atoms with Crippen LogP contribution in [0.2, 0.25) is 5.02 Å². The second-order valence-electron chi connectivity index (χ2n) is 3.97. The Bertz CT molecular complexity index is 674. The fourth-order valence-corrected chi connectivity index (χ4v) is 2.94. The summed E-state index contributed by atoms with van der Waals surface area (Å²) in [4.78, 5) is 0. The van der Waals surface area contributed by atoms with E-state index in [4.69, 9.17) is 11.6 Å². The van der Waals surface area contributed by atoms with Gasteiger partial charge in [-0.25, -0.2) is 12.8 Å². The van der Waals surface area contributed by atoms with Crippen LogP contribution in [0.1, 0.15) is 5.56 Å². The van der Waals surface area contributed by atoms with Crippen LogP contribution in [-0.2, 0) is 15.8 Å². The lowest BCUT2D eigenvalue weighted by molar-refractivity contribution is 0.598. The molecule has 0 aliphatic rings. The molecule has 0 bridgehead atoms. The van der Waals surface area contributed by atoms with Crippen molar-refractivity contribution in [3.05, 3.63) is 64.9 Å². The predicted molar refractivity (Wildman–Crippen MR) is 74.1 cm³/mol. The van der Waals surface area contributed by atoms with Crippen molar-refractivity contribution in [2.24, 2.45) is 0 Å². The first-order chi connectivity index (χ1) is 8.96.